The third kappa shape index (κ3) is 2.81. The van der Waals surface area contributed by atoms with Gasteiger partial charge in [-0.05, 0) is 12.3 Å². The molecule has 0 radical (unpaired) electrons. The summed E-state index contributed by atoms with van der Waals surface area (Å²) in [7, 11) is 0. The standard InChI is InChI=1S/C9H16O3/c1-6(2)3-8-4-7(10)5-9(11)12-8/h6-8,10H,3-5H2,1-2H3. The third-order valence-electron chi connectivity index (χ3n) is 1.97. The van der Waals surface area contributed by atoms with Crippen LogP contribution in [-0.4, -0.2) is 23.3 Å². The molecule has 0 aromatic rings. The second kappa shape index (κ2) is 3.90. The minimum absolute atomic E-state index is 0.0683. The Morgan fingerprint density at radius 1 is 1.67 bits per heavy atom. The first-order chi connectivity index (χ1) is 5.58. The maximum atomic E-state index is 10.9. The van der Waals surface area contributed by atoms with Crippen molar-refractivity contribution < 1.29 is 14.6 Å². The molecule has 0 bridgehead atoms. The van der Waals surface area contributed by atoms with Gasteiger partial charge < -0.3 is 9.84 Å². The molecule has 0 spiro atoms. The fraction of sp³-hybridized carbons (Fsp3) is 0.889. The largest absolute Gasteiger partial charge is 0.462 e. The first kappa shape index (κ1) is 9.52. The smallest absolute Gasteiger partial charge is 0.308 e. The van der Waals surface area contributed by atoms with Gasteiger partial charge in [0, 0.05) is 6.42 Å². The SMILES string of the molecule is CC(C)CC1CC(O)CC(=O)O1. The van der Waals surface area contributed by atoms with Gasteiger partial charge in [0.1, 0.15) is 6.10 Å². The van der Waals surface area contributed by atoms with Gasteiger partial charge in [-0.25, -0.2) is 0 Å². The Hall–Kier alpha value is -0.570. The highest BCUT2D eigenvalue weighted by Crippen LogP contribution is 2.20. The van der Waals surface area contributed by atoms with Crippen molar-refractivity contribution in [2.75, 3.05) is 0 Å². The molecule has 0 aromatic carbocycles. The number of hydrogen-bond acceptors (Lipinski definition) is 3. The zero-order chi connectivity index (χ0) is 9.14. The van der Waals surface area contributed by atoms with Crippen LogP contribution >= 0.6 is 0 Å². The van der Waals surface area contributed by atoms with Crippen molar-refractivity contribution in [3.63, 3.8) is 0 Å². The summed E-state index contributed by atoms with van der Waals surface area (Å²) in [6.07, 6.45) is 1.05. The summed E-state index contributed by atoms with van der Waals surface area (Å²) in [5, 5.41) is 9.26. The van der Waals surface area contributed by atoms with E-state index in [1.54, 1.807) is 0 Å². The lowest BCUT2D eigenvalue weighted by molar-refractivity contribution is -0.160. The van der Waals surface area contributed by atoms with Crippen molar-refractivity contribution in [1.29, 1.82) is 0 Å². The van der Waals surface area contributed by atoms with Crippen LogP contribution < -0.4 is 0 Å². The first-order valence-electron chi connectivity index (χ1n) is 4.45. The molecular formula is C9H16O3. The number of rotatable bonds is 2. The molecule has 2 unspecified atom stereocenters. The minimum Gasteiger partial charge on any atom is -0.462 e. The van der Waals surface area contributed by atoms with E-state index in [0.717, 1.165) is 6.42 Å². The van der Waals surface area contributed by atoms with E-state index in [1.807, 2.05) is 0 Å². The molecule has 1 saturated heterocycles. The van der Waals surface area contributed by atoms with Gasteiger partial charge >= 0.3 is 5.97 Å². The normalized spacial score (nSPS) is 30.5. The average molecular weight is 172 g/mol. The highest BCUT2D eigenvalue weighted by Gasteiger charge is 2.27. The second-order valence-corrected chi connectivity index (χ2v) is 3.84. The second-order valence-electron chi connectivity index (χ2n) is 3.84. The third-order valence-corrected chi connectivity index (χ3v) is 1.97. The first-order valence-corrected chi connectivity index (χ1v) is 4.45. The van der Waals surface area contributed by atoms with Crippen LogP contribution in [0.5, 0.6) is 0 Å². The Morgan fingerprint density at radius 3 is 2.83 bits per heavy atom. The zero-order valence-corrected chi connectivity index (χ0v) is 7.62. The quantitative estimate of drug-likeness (QED) is 0.634. The maximum absolute atomic E-state index is 10.9. The highest BCUT2D eigenvalue weighted by atomic mass is 16.5. The molecule has 0 aliphatic carbocycles. The Bertz CT molecular complexity index is 163. The summed E-state index contributed by atoms with van der Waals surface area (Å²) >= 11 is 0. The van der Waals surface area contributed by atoms with Gasteiger partial charge in [-0.15, -0.1) is 0 Å². The number of ether oxygens (including phenoxy) is 1. The lowest BCUT2D eigenvalue weighted by Gasteiger charge is -2.26. The summed E-state index contributed by atoms with van der Waals surface area (Å²) in [4.78, 5) is 10.9. The number of carbonyl (C=O) groups excluding carboxylic acids is 1. The lowest BCUT2D eigenvalue weighted by Crippen LogP contribution is -2.33. The molecule has 0 amide bonds. The van der Waals surface area contributed by atoms with E-state index in [4.69, 9.17) is 4.74 Å². The van der Waals surface area contributed by atoms with Crippen LogP contribution in [0.2, 0.25) is 0 Å². The summed E-state index contributed by atoms with van der Waals surface area (Å²) in [6.45, 7) is 4.16. The van der Waals surface area contributed by atoms with E-state index in [-0.39, 0.29) is 18.5 Å². The Balaban J connectivity index is 2.39. The van der Waals surface area contributed by atoms with E-state index in [9.17, 15) is 9.90 Å². The molecule has 3 nitrogen and oxygen atoms in total. The van der Waals surface area contributed by atoms with Crippen molar-refractivity contribution in [1.82, 2.24) is 0 Å². The number of aliphatic hydroxyl groups excluding tert-OH is 1. The predicted octanol–water partition coefficient (Wildman–Crippen LogP) is 1.10. The number of hydrogen-bond donors (Lipinski definition) is 1. The van der Waals surface area contributed by atoms with Crippen molar-refractivity contribution in [3.05, 3.63) is 0 Å². The van der Waals surface area contributed by atoms with Crippen LogP contribution in [0.15, 0.2) is 0 Å². The topological polar surface area (TPSA) is 46.5 Å². The molecule has 12 heavy (non-hydrogen) atoms. The van der Waals surface area contributed by atoms with E-state index < -0.39 is 6.10 Å². The van der Waals surface area contributed by atoms with Crippen LogP contribution in [0, 0.1) is 5.92 Å². The molecule has 1 aliphatic heterocycles. The molecule has 0 aromatic heterocycles. The van der Waals surface area contributed by atoms with Gasteiger partial charge in [-0.2, -0.15) is 0 Å². The monoisotopic (exact) mass is 172 g/mol. The number of esters is 1. The van der Waals surface area contributed by atoms with Gasteiger partial charge in [0.25, 0.3) is 0 Å². The van der Waals surface area contributed by atoms with Crippen LogP contribution in [0.4, 0.5) is 0 Å². The van der Waals surface area contributed by atoms with Gasteiger partial charge in [-0.3, -0.25) is 4.79 Å². The average Bonchev–Trinajstić information content (AvgIpc) is 1.81. The fourth-order valence-corrected chi connectivity index (χ4v) is 1.53. The molecule has 1 rings (SSSR count). The summed E-state index contributed by atoms with van der Waals surface area (Å²) in [5.74, 6) is 0.243. The van der Waals surface area contributed by atoms with Gasteiger partial charge in [0.2, 0.25) is 0 Å². The molecule has 1 heterocycles. The van der Waals surface area contributed by atoms with E-state index in [0.29, 0.717) is 12.3 Å². The Kier molecular flexibility index (Phi) is 3.09. The predicted molar refractivity (Wildman–Crippen MR) is 44.6 cm³/mol. The van der Waals surface area contributed by atoms with Crippen molar-refractivity contribution >= 4 is 5.97 Å². The fourth-order valence-electron chi connectivity index (χ4n) is 1.53. The minimum atomic E-state index is -0.491. The number of carbonyl (C=O) groups is 1. The molecule has 70 valence electrons. The van der Waals surface area contributed by atoms with E-state index in [2.05, 4.69) is 13.8 Å². The number of aliphatic hydroxyl groups is 1. The molecular weight excluding hydrogens is 156 g/mol. The molecule has 1 N–H and O–H groups in total. The molecule has 3 heteroatoms. The van der Waals surface area contributed by atoms with Gasteiger partial charge in [0.15, 0.2) is 0 Å². The molecule has 2 atom stereocenters. The lowest BCUT2D eigenvalue weighted by atomic mass is 9.98. The Morgan fingerprint density at radius 2 is 2.33 bits per heavy atom. The maximum Gasteiger partial charge on any atom is 0.308 e. The van der Waals surface area contributed by atoms with Gasteiger partial charge in [-0.1, -0.05) is 13.8 Å². The van der Waals surface area contributed by atoms with E-state index in [1.165, 1.54) is 0 Å². The van der Waals surface area contributed by atoms with E-state index >= 15 is 0 Å². The van der Waals surface area contributed by atoms with Gasteiger partial charge in [0.05, 0.1) is 12.5 Å². The van der Waals surface area contributed by atoms with Crippen LogP contribution in [0.3, 0.4) is 0 Å². The molecule has 0 saturated carbocycles. The van der Waals surface area contributed by atoms with Crippen molar-refractivity contribution in [3.8, 4) is 0 Å². The van der Waals surface area contributed by atoms with Crippen LogP contribution in [-0.2, 0) is 9.53 Å². The van der Waals surface area contributed by atoms with Crippen molar-refractivity contribution in [2.45, 2.75) is 45.3 Å². The highest BCUT2D eigenvalue weighted by molar-refractivity contribution is 5.70. The van der Waals surface area contributed by atoms with Crippen molar-refractivity contribution in [2.24, 2.45) is 5.92 Å². The zero-order valence-electron chi connectivity index (χ0n) is 7.62. The number of cyclic esters (lactones) is 1. The summed E-state index contributed by atoms with van der Waals surface area (Å²) in [6, 6.07) is 0. The summed E-state index contributed by atoms with van der Waals surface area (Å²) < 4.78 is 5.07. The molecule has 1 fully saturated rings. The summed E-state index contributed by atoms with van der Waals surface area (Å²) in [5.41, 5.74) is 0. The molecule has 1 aliphatic rings. The van der Waals surface area contributed by atoms with Crippen LogP contribution in [0.1, 0.15) is 33.1 Å². The van der Waals surface area contributed by atoms with Crippen LogP contribution in [0.25, 0.3) is 0 Å². The Labute approximate surface area is 72.7 Å².